The van der Waals surface area contributed by atoms with Gasteiger partial charge in [0.05, 0.1) is 19.4 Å². The number of carbonyl (C=O) groups excluding carboxylic acids is 1. The number of nitrogens with zero attached hydrogens (tertiary/aromatic N) is 3. The van der Waals surface area contributed by atoms with Gasteiger partial charge in [-0.25, -0.2) is 5.43 Å². The van der Waals surface area contributed by atoms with E-state index in [0.717, 1.165) is 42.1 Å². The van der Waals surface area contributed by atoms with Crippen LogP contribution in [0, 0.1) is 0 Å². The highest BCUT2D eigenvalue weighted by Gasteiger charge is 2.25. The van der Waals surface area contributed by atoms with Gasteiger partial charge in [0.15, 0.2) is 0 Å². The van der Waals surface area contributed by atoms with Crippen molar-refractivity contribution in [1.82, 2.24) is 20.5 Å². The molecule has 1 saturated heterocycles. The van der Waals surface area contributed by atoms with E-state index in [4.69, 9.17) is 16.3 Å². The molecule has 0 spiro atoms. The standard InChI is InChI=1S/C21H22ClN5O2/c22-18-5-1-15(2-6-18)13-16-3-4-17(20(16)27-9-11-29-12-10-27)14-24-26-21(28)19-7-8-23-25-19/h1-2,5-8,13-14H,3-4,9-12H2,(H,23,25)(H,26,28). The number of hydrogen-bond acceptors (Lipinski definition) is 5. The molecule has 4 rings (SSSR count). The number of nitrogens with one attached hydrogen (secondary N) is 2. The number of morpholine rings is 1. The highest BCUT2D eigenvalue weighted by atomic mass is 35.5. The second-order valence-corrected chi connectivity index (χ2v) is 7.30. The maximum atomic E-state index is 12.0. The maximum absolute atomic E-state index is 12.0. The number of H-pyrrole nitrogens is 1. The summed E-state index contributed by atoms with van der Waals surface area (Å²) in [4.78, 5) is 14.4. The van der Waals surface area contributed by atoms with E-state index in [1.54, 1.807) is 12.3 Å². The minimum Gasteiger partial charge on any atom is -0.378 e. The predicted molar refractivity (Wildman–Crippen MR) is 113 cm³/mol. The van der Waals surface area contributed by atoms with Crippen molar-refractivity contribution in [2.75, 3.05) is 26.3 Å². The first-order chi connectivity index (χ1) is 14.2. The van der Waals surface area contributed by atoms with Gasteiger partial charge in [0.25, 0.3) is 5.91 Å². The lowest BCUT2D eigenvalue weighted by molar-refractivity contribution is 0.0548. The van der Waals surface area contributed by atoms with Crippen molar-refractivity contribution in [3.05, 3.63) is 69.7 Å². The second-order valence-electron chi connectivity index (χ2n) is 6.86. The van der Waals surface area contributed by atoms with Gasteiger partial charge in [0.2, 0.25) is 0 Å². The van der Waals surface area contributed by atoms with Gasteiger partial charge in [0.1, 0.15) is 5.69 Å². The number of carbonyl (C=O) groups is 1. The molecule has 0 atom stereocenters. The molecule has 2 aliphatic rings. The molecule has 150 valence electrons. The van der Waals surface area contributed by atoms with Crippen molar-refractivity contribution >= 4 is 29.8 Å². The third-order valence-corrected chi connectivity index (χ3v) is 5.19. The zero-order valence-electron chi connectivity index (χ0n) is 15.9. The van der Waals surface area contributed by atoms with Crippen LogP contribution in [0.2, 0.25) is 5.02 Å². The van der Waals surface area contributed by atoms with Crippen LogP contribution < -0.4 is 5.43 Å². The molecule has 2 aromatic rings. The fourth-order valence-corrected chi connectivity index (χ4v) is 3.67. The SMILES string of the molecule is O=C(NN=CC1=C(N2CCOCC2)C(=Cc2ccc(Cl)cc2)CC1)c1ccn[nH]1. The molecule has 1 amide bonds. The second kappa shape index (κ2) is 9.07. The molecule has 1 aromatic carbocycles. The van der Waals surface area contributed by atoms with Gasteiger partial charge in [-0.2, -0.15) is 10.2 Å². The van der Waals surface area contributed by atoms with Gasteiger partial charge in [-0.15, -0.1) is 0 Å². The zero-order chi connectivity index (χ0) is 20.1. The van der Waals surface area contributed by atoms with Gasteiger partial charge in [-0.05, 0) is 53.8 Å². The number of benzene rings is 1. The molecular formula is C21H22ClN5O2. The number of aromatic nitrogens is 2. The Balaban J connectivity index is 1.58. The van der Waals surface area contributed by atoms with E-state index in [9.17, 15) is 4.79 Å². The average molecular weight is 412 g/mol. The first kappa shape index (κ1) is 19.4. The highest BCUT2D eigenvalue weighted by molar-refractivity contribution is 6.30. The summed E-state index contributed by atoms with van der Waals surface area (Å²) in [6.07, 6.45) is 7.27. The number of aromatic amines is 1. The Morgan fingerprint density at radius 2 is 2.00 bits per heavy atom. The van der Waals surface area contributed by atoms with Crippen molar-refractivity contribution < 1.29 is 9.53 Å². The Bertz CT molecular complexity index is 942. The van der Waals surface area contributed by atoms with Gasteiger partial charge in [-0.3, -0.25) is 9.89 Å². The molecule has 2 N–H and O–H groups in total. The van der Waals surface area contributed by atoms with E-state index in [1.165, 1.54) is 17.5 Å². The zero-order valence-corrected chi connectivity index (χ0v) is 16.7. The largest absolute Gasteiger partial charge is 0.378 e. The van der Waals surface area contributed by atoms with Crippen LogP contribution in [0.3, 0.4) is 0 Å². The minimum absolute atomic E-state index is 0.317. The normalized spacial score (nSPS) is 18.8. The Kier molecular flexibility index (Phi) is 6.07. The number of ether oxygens (including phenoxy) is 1. The third kappa shape index (κ3) is 4.75. The van der Waals surface area contributed by atoms with Crippen LogP contribution in [-0.2, 0) is 4.74 Å². The van der Waals surface area contributed by atoms with Crippen LogP contribution in [0.1, 0.15) is 28.9 Å². The summed E-state index contributed by atoms with van der Waals surface area (Å²) < 4.78 is 5.52. The highest BCUT2D eigenvalue weighted by Crippen LogP contribution is 2.35. The van der Waals surface area contributed by atoms with Gasteiger partial charge < -0.3 is 9.64 Å². The maximum Gasteiger partial charge on any atom is 0.289 e. The van der Waals surface area contributed by atoms with E-state index in [1.807, 2.05) is 24.3 Å². The molecule has 2 heterocycles. The Morgan fingerprint density at radius 1 is 1.21 bits per heavy atom. The summed E-state index contributed by atoms with van der Waals surface area (Å²) in [6.45, 7) is 3.09. The van der Waals surface area contributed by atoms with Gasteiger partial charge >= 0.3 is 0 Å². The molecule has 1 aromatic heterocycles. The third-order valence-electron chi connectivity index (χ3n) is 4.94. The van der Waals surface area contributed by atoms with Crippen molar-refractivity contribution in [3.8, 4) is 0 Å². The molecule has 1 aliphatic carbocycles. The van der Waals surface area contributed by atoms with E-state index in [-0.39, 0.29) is 5.91 Å². The fraction of sp³-hybridized carbons (Fsp3) is 0.286. The predicted octanol–water partition coefficient (Wildman–Crippen LogP) is 3.24. The molecule has 1 fully saturated rings. The number of halogens is 1. The minimum atomic E-state index is -0.317. The van der Waals surface area contributed by atoms with Crippen LogP contribution in [0.4, 0.5) is 0 Å². The first-order valence-electron chi connectivity index (χ1n) is 9.56. The smallest absolute Gasteiger partial charge is 0.289 e. The molecule has 1 aliphatic heterocycles. The monoisotopic (exact) mass is 411 g/mol. The number of hydrogen-bond donors (Lipinski definition) is 2. The summed E-state index contributed by atoms with van der Waals surface area (Å²) >= 11 is 6.01. The Hall–Kier alpha value is -2.90. The van der Waals surface area contributed by atoms with E-state index < -0.39 is 0 Å². The molecule has 7 nitrogen and oxygen atoms in total. The van der Waals surface area contributed by atoms with Crippen LogP contribution >= 0.6 is 11.6 Å². The summed E-state index contributed by atoms with van der Waals surface area (Å²) in [5, 5.41) is 11.3. The Morgan fingerprint density at radius 3 is 2.72 bits per heavy atom. The van der Waals surface area contributed by atoms with Crippen molar-refractivity contribution in [2.24, 2.45) is 5.10 Å². The van der Waals surface area contributed by atoms with Crippen molar-refractivity contribution in [1.29, 1.82) is 0 Å². The topological polar surface area (TPSA) is 82.6 Å². The van der Waals surface area contributed by atoms with Gasteiger partial charge in [-0.1, -0.05) is 23.7 Å². The Labute approximate surface area is 174 Å². The van der Waals surface area contributed by atoms with E-state index >= 15 is 0 Å². The van der Waals surface area contributed by atoms with Crippen LogP contribution in [-0.4, -0.2) is 53.5 Å². The van der Waals surface area contributed by atoms with Crippen molar-refractivity contribution in [3.63, 3.8) is 0 Å². The summed E-state index contributed by atoms with van der Waals surface area (Å²) in [6, 6.07) is 9.43. The lowest BCUT2D eigenvalue weighted by atomic mass is 10.1. The molecule has 0 saturated carbocycles. The summed E-state index contributed by atoms with van der Waals surface area (Å²) in [7, 11) is 0. The number of rotatable bonds is 5. The summed E-state index contributed by atoms with van der Waals surface area (Å²) in [5.41, 5.74) is 7.59. The van der Waals surface area contributed by atoms with E-state index in [0.29, 0.717) is 18.9 Å². The molecule has 0 unspecified atom stereocenters. The van der Waals surface area contributed by atoms with Crippen molar-refractivity contribution in [2.45, 2.75) is 12.8 Å². The first-order valence-corrected chi connectivity index (χ1v) is 9.93. The molecule has 0 radical (unpaired) electrons. The summed E-state index contributed by atoms with van der Waals surface area (Å²) in [5.74, 6) is -0.317. The average Bonchev–Trinajstić information content (AvgIpc) is 3.41. The van der Waals surface area contributed by atoms with E-state index in [2.05, 4.69) is 31.7 Å². The quantitative estimate of drug-likeness (QED) is 0.584. The number of hydrazone groups is 1. The number of allylic oxidation sites excluding steroid dienone is 2. The van der Waals surface area contributed by atoms with Crippen LogP contribution in [0.5, 0.6) is 0 Å². The fourth-order valence-electron chi connectivity index (χ4n) is 3.54. The number of amides is 1. The lowest BCUT2D eigenvalue weighted by Crippen LogP contribution is -2.36. The molecular weight excluding hydrogens is 390 g/mol. The lowest BCUT2D eigenvalue weighted by Gasteiger charge is -2.31. The molecule has 29 heavy (non-hydrogen) atoms. The molecule has 8 heteroatoms. The molecule has 0 bridgehead atoms. The van der Waals surface area contributed by atoms with Crippen LogP contribution in [0.25, 0.3) is 6.08 Å². The van der Waals surface area contributed by atoms with Crippen LogP contribution in [0.15, 0.2) is 58.5 Å². The van der Waals surface area contributed by atoms with Gasteiger partial charge in [0, 0.05) is 30.0 Å².